The van der Waals surface area contributed by atoms with Gasteiger partial charge in [0.05, 0.1) is 20.3 Å². The summed E-state index contributed by atoms with van der Waals surface area (Å²) in [7, 11) is 3.11. The van der Waals surface area contributed by atoms with Gasteiger partial charge in [0.1, 0.15) is 18.0 Å². The standard InChI is InChI=1S/C27H27ClN2O4S/c1-33-21-13-18(14-22(15-21)34-2)27(32)30(20-7-8-20)16-25(31)29-11-9-24-23(10-12-35-24)26(29)17-3-5-19(28)6-4-17/h3-6,10,12-15,20,26H,7-9,11,16H2,1-2H3. The van der Waals surface area contributed by atoms with Crippen LogP contribution in [-0.2, 0) is 11.2 Å². The number of rotatable bonds is 7. The van der Waals surface area contributed by atoms with Gasteiger partial charge in [-0.1, -0.05) is 23.7 Å². The van der Waals surface area contributed by atoms with Gasteiger partial charge in [-0.15, -0.1) is 11.3 Å². The van der Waals surface area contributed by atoms with E-state index in [2.05, 4.69) is 11.4 Å². The van der Waals surface area contributed by atoms with Crippen LogP contribution in [-0.4, -0.2) is 55.0 Å². The zero-order valence-corrected chi connectivity index (χ0v) is 21.3. The van der Waals surface area contributed by atoms with Crippen molar-refractivity contribution in [3.63, 3.8) is 0 Å². The highest BCUT2D eigenvalue weighted by Crippen LogP contribution is 2.39. The lowest BCUT2D eigenvalue weighted by Gasteiger charge is -2.37. The van der Waals surface area contributed by atoms with Gasteiger partial charge in [0.2, 0.25) is 5.91 Å². The van der Waals surface area contributed by atoms with Crippen molar-refractivity contribution in [3.05, 3.63) is 80.5 Å². The minimum atomic E-state index is -0.192. The molecule has 6 nitrogen and oxygen atoms in total. The van der Waals surface area contributed by atoms with Crippen LogP contribution < -0.4 is 9.47 Å². The fraction of sp³-hybridized carbons (Fsp3) is 0.333. The molecule has 1 aliphatic heterocycles. The molecule has 1 aromatic heterocycles. The Balaban J connectivity index is 1.43. The normalized spacial score (nSPS) is 17.0. The first kappa shape index (κ1) is 23.7. The van der Waals surface area contributed by atoms with Crippen molar-refractivity contribution in [2.24, 2.45) is 0 Å². The molecule has 0 bridgehead atoms. The second kappa shape index (κ2) is 9.91. The third-order valence-electron chi connectivity index (χ3n) is 6.62. The van der Waals surface area contributed by atoms with E-state index in [4.69, 9.17) is 21.1 Å². The number of fused-ring (bicyclic) bond motifs is 1. The first-order valence-corrected chi connectivity index (χ1v) is 12.9. The average Bonchev–Trinajstić information content (AvgIpc) is 3.62. The largest absolute Gasteiger partial charge is 0.497 e. The molecule has 2 heterocycles. The molecule has 0 N–H and O–H groups in total. The molecular formula is C27H27ClN2O4S. The Morgan fingerprint density at radius 3 is 2.37 bits per heavy atom. The Hall–Kier alpha value is -3.03. The lowest BCUT2D eigenvalue weighted by molar-refractivity contribution is -0.134. The summed E-state index contributed by atoms with van der Waals surface area (Å²) < 4.78 is 10.7. The molecule has 1 fully saturated rings. The molecule has 0 spiro atoms. The Bertz CT molecular complexity index is 1220. The number of carbonyl (C=O) groups is 2. The summed E-state index contributed by atoms with van der Waals surface area (Å²) in [6.07, 6.45) is 2.61. The first-order chi connectivity index (χ1) is 17.0. The molecule has 3 aromatic rings. The van der Waals surface area contributed by atoms with Crippen LogP contribution in [0, 0.1) is 0 Å². The van der Waals surface area contributed by atoms with E-state index in [1.165, 1.54) is 4.88 Å². The minimum absolute atomic E-state index is 0.0343. The second-order valence-electron chi connectivity index (χ2n) is 8.86. The summed E-state index contributed by atoms with van der Waals surface area (Å²) in [5, 5.41) is 2.74. The van der Waals surface area contributed by atoms with Gasteiger partial charge < -0.3 is 19.3 Å². The van der Waals surface area contributed by atoms with Crippen molar-refractivity contribution in [2.45, 2.75) is 31.3 Å². The van der Waals surface area contributed by atoms with Gasteiger partial charge in [0.25, 0.3) is 5.91 Å². The molecule has 1 aliphatic carbocycles. The molecule has 182 valence electrons. The number of methoxy groups -OCH3 is 2. The smallest absolute Gasteiger partial charge is 0.254 e. The first-order valence-electron chi connectivity index (χ1n) is 11.6. The Morgan fingerprint density at radius 1 is 1.06 bits per heavy atom. The number of carbonyl (C=O) groups excluding carboxylic acids is 2. The van der Waals surface area contributed by atoms with Crippen molar-refractivity contribution in [1.82, 2.24) is 9.80 Å². The third kappa shape index (κ3) is 4.88. The quantitative estimate of drug-likeness (QED) is 0.438. The number of thiophene rings is 1. The van der Waals surface area contributed by atoms with E-state index >= 15 is 0 Å². The summed E-state index contributed by atoms with van der Waals surface area (Å²) in [5.41, 5.74) is 2.62. The molecule has 1 atom stereocenters. The zero-order chi connectivity index (χ0) is 24.5. The molecule has 1 saturated carbocycles. The number of hydrogen-bond acceptors (Lipinski definition) is 5. The molecule has 2 aliphatic rings. The van der Waals surface area contributed by atoms with E-state index in [9.17, 15) is 9.59 Å². The minimum Gasteiger partial charge on any atom is -0.497 e. The maximum Gasteiger partial charge on any atom is 0.254 e. The Morgan fingerprint density at radius 2 is 1.74 bits per heavy atom. The topological polar surface area (TPSA) is 59.1 Å². The maximum absolute atomic E-state index is 13.8. The highest BCUT2D eigenvalue weighted by atomic mass is 35.5. The molecule has 2 amide bonds. The van der Waals surface area contributed by atoms with E-state index < -0.39 is 0 Å². The van der Waals surface area contributed by atoms with E-state index in [0.717, 1.165) is 30.4 Å². The number of amides is 2. The molecule has 5 rings (SSSR count). The molecular weight excluding hydrogens is 484 g/mol. The van der Waals surface area contributed by atoms with E-state index in [1.54, 1.807) is 48.7 Å². The SMILES string of the molecule is COc1cc(OC)cc(C(=O)N(CC(=O)N2CCc3sccc3C2c2ccc(Cl)cc2)C2CC2)c1. The van der Waals surface area contributed by atoms with Crippen LogP contribution in [0.4, 0.5) is 0 Å². The molecule has 2 aromatic carbocycles. The van der Waals surface area contributed by atoms with Gasteiger partial charge in [0, 0.05) is 34.1 Å². The van der Waals surface area contributed by atoms with Crippen LogP contribution in [0.1, 0.15) is 45.2 Å². The monoisotopic (exact) mass is 510 g/mol. The van der Waals surface area contributed by atoms with Crippen LogP contribution in [0.3, 0.4) is 0 Å². The fourth-order valence-corrected chi connectivity index (χ4v) is 5.71. The summed E-state index contributed by atoms with van der Waals surface area (Å²) in [6, 6.07) is 14.8. The van der Waals surface area contributed by atoms with Crippen molar-refractivity contribution >= 4 is 34.8 Å². The van der Waals surface area contributed by atoms with Gasteiger partial charge in [-0.25, -0.2) is 0 Å². The van der Waals surface area contributed by atoms with Crippen LogP contribution in [0.15, 0.2) is 53.9 Å². The number of nitrogens with zero attached hydrogens (tertiary/aromatic N) is 2. The summed E-state index contributed by atoms with van der Waals surface area (Å²) >= 11 is 7.86. The van der Waals surface area contributed by atoms with Gasteiger partial charge in [-0.2, -0.15) is 0 Å². The van der Waals surface area contributed by atoms with E-state index in [0.29, 0.717) is 28.6 Å². The Labute approximate surface area is 214 Å². The third-order valence-corrected chi connectivity index (χ3v) is 7.87. The maximum atomic E-state index is 13.8. The highest BCUT2D eigenvalue weighted by molar-refractivity contribution is 7.10. The van der Waals surface area contributed by atoms with Crippen LogP contribution in [0.5, 0.6) is 11.5 Å². The lowest BCUT2D eigenvalue weighted by Crippen LogP contribution is -2.47. The predicted molar refractivity (Wildman–Crippen MR) is 137 cm³/mol. The summed E-state index contributed by atoms with van der Waals surface area (Å²) in [5.74, 6) is 0.837. The molecule has 8 heteroatoms. The van der Waals surface area contributed by atoms with Crippen molar-refractivity contribution in [1.29, 1.82) is 0 Å². The predicted octanol–water partition coefficient (Wildman–Crippen LogP) is 5.20. The van der Waals surface area contributed by atoms with Crippen molar-refractivity contribution in [2.75, 3.05) is 27.3 Å². The molecule has 1 unspecified atom stereocenters. The summed E-state index contributed by atoms with van der Waals surface area (Å²) in [4.78, 5) is 32.2. The highest BCUT2D eigenvalue weighted by Gasteiger charge is 2.38. The van der Waals surface area contributed by atoms with Gasteiger partial charge in [-0.05, 0) is 66.1 Å². The number of halogens is 1. The number of hydrogen-bond donors (Lipinski definition) is 0. The number of ether oxygens (including phenoxy) is 2. The van der Waals surface area contributed by atoms with Gasteiger partial charge in [0.15, 0.2) is 0 Å². The number of benzene rings is 2. The second-order valence-corrected chi connectivity index (χ2v) is 10.3. The van der Waals surface area contributed by atoms with Gasteiger partial charge in [-0.3, -0.25) is 9.59 Å². The van der Waals surface area contributed by atoms with Crippen molar-refractivity contribution < 1.29 is 19.1 Å². The van der Waals surface area contributed by atoms with E-state index in [1.807, 2.05) is 29.2 Å². The summed E-state index contributed by atoms with van der Waals surface area (Å²) in [6.45, 7) is 0.645. The average molecular weight is 511 g/mol. The lowest BCUT2D eigenvalue weighted by atomic mass is 9.93. The molecule has 0 radical (unpaired) electrons. The van der Waals surface area contributed by atoms with Crippen LogP contribution in [0.25, 0.3) is 0 Å². The fourth-order valence-electron chi connectivity index (χ4n) is 4.68. The van der Waals surface area contributed by atoms with Gasteiger partial charge >= 0.3 is 0 Å². The zero-order valence-electron chi connectivity index (χ0n) is 19.7. The molecule has 0 saturated heterocycles. The van der Waals surface area contributed by atoms with Crippen LogP contribution in [0.2, 0.25) is 5.02 Å². The van der Waals surface area contributed by atoms with E-state index in [-0.39, 0.29) is 30.4 Å². The van der Waals surface area contributed by atoms with Crippen LogP contribution >= 0.6 is 22.9 Å². The molecule has 35 heavy (non-hydrogen) atoms. The Kier molecular flexibility index (Phi) is 6.71. The van der Waals surface area contributed by atoms with Crippen molar-refractivity contribution in [3.8, 4) is 11.5 Å².